The van der Waals surface area contributed by atoms with Gasteiger partial charge in [-0.05, 0) is 62.6 Å². The summed E-state index contributed by atoms with van der Waals surface area (Å²) >= 11 is 0. The Morgan fingerprint density at radius 3 is 2.62 bits per heavy atom. The lowest BCUT2D eigenvalue weighted by Crippen LogP contribution is -2.37. The second-order valence-electron chi connectivity index (χ2n) is 8.55. The monoisotopic (exact) mass is 454 g/mol. The smallest absolute Gasteiger partial charge is 0.402 e. The molecule has 2 fully saturated rings. The summed E-state index contributed by atoms with van der Waals surface area (Å²) in [5.74, 6) is -0.329. The average molecular weight is 455 g/mol. The highest BCUT2D eigenvalue weighted by Crippen LogP contribution is 2.38. The van der Waals surface area contributed by atoms with Crippen LogP contribution in [0.15, 0.2) is 30.7 Å². The lowest BCUT2D eigenvalue weighted by atomic mass is 10.1. The van der Waals surface area contributed by atoms with Crippen molar-refractivity contribution in [1.29, 1.82) is 0 Å². The maximum Gasteiger partial charge on any atom is 0.573 e. The number of hydrogen-bond acceptors (Lipinski definition) is 6. The van der Waals surface area contributed by atoms with Gasteiger partial charge in [-0.2, -0.15) is 0 Å². The van der Waals surface area contributed by atoms with Crippen molar-refractivity contribution in [1.82, 2.24) is 14.8 Å². The SMILES string of the molecule is C=C(C1CC1)N(/C=C(\CC)c1cnc(N)c(OC(F)(F)F)c1)CCCN1CCC(O)CC1. The van der Waals surface area contributed by atoms with Crippen molar-refractivity contribution in [2.45, 2.75) is 57.9 Å². The van der Waals surface area contributed by atoms with Crippen LogP contribution in [0.1, 0.15) is 51.0 Å². The fraction of sp³-hybridized carbons (Fsp3) is 0.609. The van der Waals surface area contributed by atoms with Gasteiger partial charge in [-0.1, -0.05) is 13.5 Å². The predicted octanol–water partition coefficient (Wildman–Crippen LogP) is 4.39. The highest BCUT2D eigenvalue weighted by Gasteiger charge is 2.32. The van der Waals surface area contributed by atoms with Crippen LogP contribution in [-0.4, -0.2) is 58.5 Å². The Balaban J connectivity index is 1.72. The molecule has 1 saturated carbocycles. The van der Waals surface area contributed by atoms with E-state index in [0.29, 0.717) is 17.9 Å². The van der Waals surface area contributed by atoms with Gasteiger partial charge in [0.2, 0.25) is 0 Å². The van der Waals surface area contributed by atoms with E-state index in [2.05, 4.69) is 26.1 Å². The van der Waals surface area contributed by atoms with Crippen molar-refractivity contribution in [3.63, 3.8) is 0 Å². The van der Waals surface area contributed by atoms with Gasteiger partial charge in [0.15, 0.2) is 11.6 Å². The molecule has 178 valence electrons. The van der Waals surface area contributed by atoms with Crippen LogP contribution in [0, 0.1) is 5.92 Å². The molecule has 0 atom stereocenters. The molecule has 9 heteroatoms. The van der Waals surface area contributed by atoms with Crippen LogP contribution in [0.2, 0.25) is 0 Å². The molecule has 1 aromatic heterocycles. The number of nitrogens with zero attached hydrogens (tertiary/aromatic N) is 3. The summed E-state index contributed by atoms with van der Waals surface area (Å²) in [7, 11) is 0. The van der Waals surface area contributed by atoms with Crippen molar-refractivity contribution < 1.29 is 23.0 Å². The molecule has 6 nitrogen and oxygen atoms in total. The Bertz CT molecular complexity index is 816. The molecule has 1 saturated heterocycles. The summed E-state index contributed by atoms with van der Waals surface area (Å²) < 4.78 is 42.2. The van der Waals surface area contributed by atoms with Crippen LogP contribution in [0.3, 0.4) is 0 Å². The number of rotatable bonds is 10. The van der Waals surface area contributed by atoms with Gasteiger partial charge in [0.25, 0.3) is 0 Å². The first-order chi connectivity index (χ1) is 15.2. The minimum Gasteiger partial charge on any atom is -0.402 e. The summed E-state index contributed by atoms with van der Waals surface area (Å²) in [4.78, 5) is 8.40. The first kappa shape index (κ1) is 24.4. The van der Waals surface area contributed by atoms with Gasteiger partial charge >= 0.3 is 6.36 Å². The topological polar surface area (TPSA) is 74.9 Å². The third-order valence-electron chi connectivity index (χ3n) is 6.02. The highest BCUT2D eigenvalue weighted by atomic mass is 19.4. The number of nitrogen functional groups attached to an aromatic ring is 1. The van der Waals surface area contributed by atoms with Crippen molar-refractivity contribution in [2.24, 2.45) is 5.92 Å². The summed E-state index contributed by atoms with van der Waals surface area (Å²) in [5.41, 5.74) is 8.00. The van der Waals surface area contributed by atoms with Crippen LogP contribution in [0.4, 0.5) is 19.0 Å². The van der Waals surface area contributed by atoms with E-state index in [9.17, 15) is 18.3 Å². The molecule has 3 rings (SSSR count). The summed E-state index contributed by atoms with van der Waals surface area (Å²) in [6.07, 6.45) is 3.82. The van der Waals surface area contributed by atoms with Crippen LogP contribution >= 0.6 is 0 Å². The molecular formula is C23H33F3N4O2. The maximum absolute atomic E-state index is 12.7. The summed E-state index contributed by atoms with van der Waals surface area (Å²) in [5, 5.41) is 9.68. The zero-order valence-electron chi connectivity index (χ0n) is 18.6. The van der Waals surface area contributed by atoms with Gasteiger partial charge in [0, 0.05) is 43.3 Å². The molecule has 0 spiro atoms. The second kappa shape index (κ2) is 10.6. The van der Waals surface area contributed by atoms with Crippen LogP contribution in [0.25, 0.3) is 5.57 Å². The van der Waals surface area contributed by atoms with Gasteiger partial charge in [0.05, 0.1) is 6.10 Å². The highest BCUT2D eigenvalue weighted by molar-refractivity contribution is 5.67. The average Bonchev–Trinajstić information content (AvgIpc) is 3.58. The number of hydrogen-bond donors (Lipinski definition) is 2. The molecule has 0 radical (unpaired) electrons. The second-order valence-corrected chi connectivity index (χ2v) is 8.55. The third-order valence-corrected chi connectivity index (χ3v) is 6.02. The molecule has 2 aliphatic rings. The summed E-state index contributed by atoms with van der Waals surface area (Å²) in [6.45, 7) is 9.74. The molecule has 1 aromatic rings. The largest absolute Gasteiger partial charge is 0.573 e. The standard InChI is InChI=1S/C23H33F3N4O2/c1-3-17(19-13-21(22(27)28-14-19)32-23(24,25)26)15-30(16(2)18-5-6-18)10-4-9-29-11-7-20(31)8-12-29/h13-15,18,20,31H,2-12H2,1H3,(H2,27,28)/b17-15+. The number of ether oxygens (including phenoxy) is 1. The number of aromatic nitrogens is 1. The number of alkyl halides is 3. The first-order valence-corrected chi connectivity index (χ1v) is 11.2. The molecule has 0 amide bonds. The fourth-order valence-corrected chi connectivity index (χ4v) is 3.94. The number of halogens is 3. The summed E-state index contributed by atoms with van der Waals surface area (Å²) in [6, 6.07) is 1.29. The minimum absolute atomic E-state index is 0.188. The molecule has 1 aliphatic heterocycles. The number of piperidine rings is 1. The number of allylic oxidation sites excluding steroid dienone is 2. The van der Waals surface area contributed by atoms with E-state index in [4.69, 9.17) is 5.73 Å². The lowest BCUT2D eigenvalue weighted by Gasteiger charge is -2.31. The predicted molar refractivity (Wildman–Crippen MR) is 118 cm³/mol. The number of likely N-dealkylation sites (tertiary alicyclic amines) is 1. The molecule has 1 aliphatic carbocycles. The van der Waals surface area contributed by atoms with Gasteiger partial charge in [-0.15, -0.1) is 13.2 Å². The van der Waals surface area contributed by atoms with Gasteiger partial charge in [-0.25, -0.2) is 4.98 Å². The molecule has 2 heterocycles. The van der Waals surface area contributed by atoms with Gasteiger partial charge in [-0.3, -0.25) is 0 Å². The van der Waals surface area contributed by atoms with E-state index in [-0.39, 0.29) is 11.9 Å². The van der Waals surface area contributed by atoms with E-state index in [1.165, 1.54) is 12.3 Å². The van der Waals surface area contributed by atoms with Crippen molar-refractivity contribution in [3.8, 4) is 5.75 Å². The Kier molecular flexibility index (Phi) is 8.05. The lowest BCUT2D eigenvalue weighted by molar-refractivity contribution is -0.274. The van der Waals surface area contributed by atoms with Crippen molar-refractivity contribution in [3.05, 3.63) is 36.3 Å². The number of aliphatic hydroxyl groups is 1. The van der Waals surface area contributed by atoms with Gasteiger partial charge < -0.3 is 25.4 Å². The quantitative estimate of drug-likeness (QED) is 0.546. The van der Waals surface area contributed by atoms with E-state index in [0.717, 1.165) is 69.6 Å². The number of pyridine rings is 1. The Hall–Kier alpha value is -2.26. The third kappa shape index (κ3) is 7.13. The number of aliphatic hydroxyl groups excluding tert-OH is 1. The van der Waals surface area contributed by atoms with Gasteiger partial charge in [0.1, 0.15) is 0 Å². The fourth-order valence-electron chi connectivity index (χ4n) is 3.94. The van der Waals surface area contributed by atoms with E-state index < -0.39 is 12.1 Å². The number of nitrogens with two attached hydrogens (primary N) is 1. The van der Waals surface area contributed by atoms with E-state index >= 15 is 0 Å². The Morgan fingerprint density at radius 2 is 2.03 bits per heavy atom. The van der Waals surface area contributed by atoms with E-state index in [1.807, 2.05) is 13.1 Å². The Morgan fingerprint density at radius 1 is 1.34 bits per heavy atom. The molecule has 0 aromatic carbocycles. The van der Waals surface area contributed by atoms with E-state index in [1.54, 1.807) is 0 Å². The minimum atomic E-state index is -4.83. The van der Waals surface area contributed by atoms with Crippen LogP contribution < -0.4 is 10.5 Å². The van der Waals surface area contributed by atoms with Crippen LogP contribution in [-0.2, 0) is 0 Å². The number of anilines is 1. The first-order valence-electron chi connectivity index (χ1n) is 11.2. The van der Waals surface area contributed by atoms with Crippen molar-refractivity contribution >= 4 is 11.4 Å². The zero-order chi connectivity index (χ0) is 23.3. The Labute approximate surface area is 187 Å². The molecule has 32 heavy (non-hydrogen) atoms. The molecule has 0 bridgehead atoms. The zero-order valence-corrected chi connectivity index (χ0v) is 18.6. The maximum atomic E-state index is 12.7. The molecule has 3 N–H and O–H groups in total. The van der Waals surface area contributed by atoms with Crippen molar-refractivity contribution in [2.75, 3.05) is 31.9 Å². The normalized spacial score (nSPS) is 18.6. The molecule has 0 unspecified atom stereocenters. The molecular weight excluding hydrogens is 421 g/mol. The van der Waals surface area contributed by atoms with Crippen LogP contribution in [0.5, 0.6) is 5.75 Å².